The van der Waals surface area contributed by atoms with E-state index >= 15 is 0 Å². The third kappa shape index (κ3) is 6.71. The largest absolute Gasteiger partial charge is 1.00 e. The Morgan fingerprint density at radius 1 is 0.489 bits per heavy atom. The molecule has 1 fully saturated rings. The Bertz CT molecular complexity index is 1610. The molecule has 2 atom stereocenters. The van der Waals surface area contributed by atoms with Gasteiger partial charge >= 0.3 is 279 Å². The number of benzene rings is 4. The van der Waals surface area contributed by atoms with Gasteiger partial charge in [-0.05, 0) is 0 Å². The minimum Gasteiger partial charge on any atom is -1.00 e. The van der Waals surface area contributed by atoms with Gasteiger partial charge in [0.1, 0.15) is 0 Å². The van der Waals surface area contributed by atoms with Gasteiger partial charge in [0.25, 0.3) is 0 Å². The van der Waals surface area contributed by atoms with Crippen LogP contribution in [0.15, 0.2) is 96.1 Å². The third-order valence-corrected chi connectivity index (χ3v) is 30.1. The Labute approximate surface area is 301 Å². The van der Waals surface area contributed by atoms with E-state index in [4.69, 9.17) is 0 Å². The molecule has 1 aliphatic heterocycles. The van der Waals surface area contributed by atoms with E-state index in [1.807, 2.05) is 0 Å². The van der Waals surface area contributed by atoms with Crippen molar-refractivity contribution in [1.29, 1.82) is 0 Å². The van der Waals surface area contributed by atoms with Crippen LogP contribution in [0.4, 0.5) is 0 Å². The minimum atomic E-state index is -2.90. The van der Waals surface area contributed by atoms with Crippen molar-refractivity contribution in [1.82, 2.24) is 0 Å². The van der Waals surface area contributed by atoms with Gasteiger partial charge in [-0.15, -0.1) is 0 Å². The molecule has 244 valence electrons. The standard InChI is InChI=1S/2C21H23.C2H4.2ClH.Hf/c2*1-3-6-16-10-12-18(13-11-16)20-9-5-8-19-14-17(7-4-2)15-21(19)20;1-2;;;/h2*5,8-15H,3-4,6-7H2,1-2H3;1-2H2;2*1H;/q;;;;;+2/p-2. The number of rotatable bonds is 12. The van der Waals surface area contributed by atoms with Crippen molar-refractivity contribution in [3.05, 3.63) is 129 Å². The van der Waals surface area contributed by atoms with E-state index in [-0.39, 0.29) is 24.8 Å². The summed E-state index contributed by atoms with van der Waals surface area (Å²) in [5, 5.41) is 0. The van der Waals surface area contributed by atoms with Crippen LogP contribution in [0, 0.1) is 0 Å². The summed E-state index contributed by atoms with van der Waals surface area (Å²) in [5.74, 6) is 0. The van der Waals surface area contributed by atoms with Crippen LogP contribution >= 0.6 is 0 Å². The van der Waals surface area contributed by atoms with Crippen LogP contribution in [-0.2, 0) is 32.8 Å². The molecule has 3 heteroatoms. The van der Waals surface area contributed by atoms with Crippen LogP contribution in [0.5, 0.6) is 0 Å². The fourth-order valence-corrected chi connectivity index (χ4v) is 37.0. The second-order valence-corrected chi connectivity index (χ2v) is 30.7. The fraction of sp³-hybridized carbons (Fsp3) is 0.364. The van der Waals surface area contributed by atoms with Gasteiger partial charge in [0.15, 0.2) is 0 Å². The molecule has 0 spiro atoms. The molecule has 2 unspecified atom stereocenters. The fourth-order valence-electron chi connectivity index (χ4n) is 8.97. The average molecular weight is 828 g/mol. The Balaban J connectivity index is 0.00000217. The monoisotopic (exact) mass is 828 g/mol. The Morgan fingerprint density at radius 2 is 0.872 bits per heavy atom. The number of aryl methyl sites for hydroxylation is 2. The zero-order chi connectivity index (χ0) is 31.0. The molecule has 7 rings (SSSR count). The molecule has 0 amide bonds. The molecule has 4 aromatic carbocycles. The van der Waals surface area contributed by atoms with Crippen molar-refractivity contribution >= 4 is 12.2 Å². The van der Waals surface area contributed by atoms with Gasteiger partial charge in [0.05, 0.1) is 0 Å². The Kier molecular flexibility index (Phi) is 12.0. The van der Waals surface area contributed by atoms with Gasteiger partial charge in [0.2, 0.25) is 0 Å². The topological polar surface area (TPSA) is 0 Å². The van der Waals surface area contributed by atoms with Crippen LogP contribution in [0.1, 0.15) is 107 Å². The van der Waals surface area contributed by atoms with Crippen molar-refractivity contribution in [3.63, 3.8) is 0 Å². The summed E-state index contributed by atoms with van der Waals surface area (Å²) in [6.45, 7) is 9.31. The molecule has 1 saturated heterocycles. The van der Waals surface area contributed by atoms with Gasteiger partial charge < -0.3 is 24.8 Å². The number of allylic oxidation sites excluding steroid dienone is 2. The molecule has 2 aliphatic carbocycles. The maximum Gasteiger partial charge on any atom is -1.00 e. The molecule has 1 heterocycles. The van der Waals surface area contributed by atoms with Crippen LogP contribution in [-0.4, -0.2) is 0 Å². The summed E-state index contributed by atoms with van der Waals surface area (Å²) in [4.78, 5) is 0. The van der Waals surface area contributed by atoms with Gasteiger partial charge in [-0.25, -0.2) is 0 Å². The first kappa shape index (κ1) is 36.1. The molecular formula is C44H50Cl2Hf. The minimum absolute atomic E-state index is 0. The van der Waals surface area contributed by atoms with E-state index in [9.17, 15) is 0 Å². The van der Waals surface area contributed by atoms with Crippen LogP contribution < -0.4 is 24.8 Å². The molecule has 0 radical (unpaired) electrons. The van der Waals surface area contributed by atoms with E-state index in [1.54, 1.807) is 33.4 Å². The summed E-state index contributed by atoms with van der Waals surface area (Å²) in [6.07, 6.45) is 15.0. The Hall–Kier alpha value is -2.19. The molecule has 0 aromatic heterocycles. The van der Waals surface area contributed by atoms with Gasteiger partial charge in [-0.3, -0.25) is 0 Å². The molecule has 4 aromatic rings. The maximum absolute atomic E-state index is 2.90. The van der Waals surface area contributed by atoms with Crippen molar-refractivity contribution in [2.24, 2.45) is 0 Å². The normalized spacial score (nSPS) is 17.7. The first-order valence-electron chi connectivity index (χ1n) is 18.0. The average Bonchev–Trinajstić information content (AvgIpc) is 3.61. The molecule has 0 saturated carbocycles. The number of hydrogen-bond acceptors (Lipinski definition) is 0. The molecule has 47 heavy (non-hydrogen) atoms. The third-order valence-electron chi connectivity index (χ3n) is 11.0. The molecule has 0 bridgehead atoms. The zero-order valence-electron chi connectivity index (χ0n) is 28.7. The molecule has 0 nitrogen and oxygen atoms in total. The number of hydrogen-bond donors (Lipinski definition) is 0. The van der Waals surface area contributed by atoms with E-state index < -0.39 is 20.0 Å². The number of fused-ring (bicyclic) bond motifs is 2. The molecular weight excluding hydrogens is 778 g/mol. The predicted molar refractivity (Wildman–Crippen MR) is 193 cm³/mol. The summed E-state index contributed by atoms with van der Waals surface area (Å²) < 4.78 is 4.52. The Morgan fingerprint density at radius 3 is 1.21 bits per heavy atom. The quantitative estimate of drug-likeness (QED) is 0.134. The van der Waals surface area contributed by atoms with Crippen molar-refractivity contribution in [3.8, 4) is 22.3 Å². The molecule has 3 aliphatic rings. The maximum atomic E-state index is 2.67. The van der Waals surface area contributed by atoms with Crippen LogP contribution in [0.2, 0.25) is 8.35 Å². The second-order valence-electron chi connectivity index (χ2n) is 14.0. The first-order valence-corrected chi connectivity index (χ1v) is 27.2. The summed E-state index contributed by atoms with van der Waals surface area (Å²) >= 11 is -2.90. The van der Waals surface area contributed by atoms with Crippen LogP contribution in [0.25, 0.3) is 34.4 Å². The summed E-state index contributed by atoms with van der Waals surface area (Å²) in [5.41, 5.74) is 18.6. The SMILES string of the molecule is CCCC1=Cc2c(-c3ccc(CCC)cc3)cccc2[CH]1[Hf+2]1([CH]2C(CCC)=Cc3c(-c4ccc(CCC)cc4)cccc32)[CH2][CH2]1.[Cl-].[Cl-]. The predicted octanol–water partition coefficient (Wildman–Crippen LogP) is 7.11. The smallest absolute Gasteiger partial charge is 1.00 e. The second kappa shape index (κ2) is 15.6. The van der Waals surface area contributed by atoms with Crippen molar-refractivity contribution in [2.75, 3.05) is 0 Å². The van der Waals surface area contributed by atoms with Crippen molar-refractivity contribution in [2.45, 2.75) is 94.8 Å². The first-order chi connectivity index (χ1) is 22.1. The zero-order valence-corrected chi connectivity index (χ0v) is 33.8. The number of halogens is 2. The molecule has 0 N–H and O–H groups in total. The van der Waals surface area contributed by atoms with E-state index in [0.717, 1.165) is 20.2 Å². The van der Waals surface area contributed by atoms with Crippen molar-refractivity contribution < 1.29 is 44.8 Å². The summed E-state index contributed by atoms with van der Waals surface area (Å²) in [7, 11) is 0. The van der Waals surface area contributed by atoms with E-state index in [2.05, 4.69) is 125 Å². The van der Waals surface area contributed by atoms with E-state index in [0.29, 0.717) is 0 Å². The van der Waals surface area contributed by atoms with Gasteiger partial charge in [-0.1, -0.05) is 0 Å². The van der Waals surface area contributed by atoms with Gasteiger partial charge in [-0.2, -0.15) is 0 Å². The summed E-state index contributed by atoms with van der Waals surface area (Å²) in [6, 6.07) is 33.5. The van der Waals surface area contributed by atoms with Gasteiger partial charge in [0, 0.05) is 0 Å². The van der Waals surface area contributed by atoms with Crippen LogP contribution in [0.3, 0.4) is 0 Å². The van der Waals surface area contributed by atoms with E-state index in [1.165, 1.54) is 80.3 Å².